The van der Waals surface area contributed by atoms with E-state index in [9.17, 15) is 18.4 Å². The number of hydrogen-bond donors (Lipinski definition) is 2. The molecule has 108 valence electrons. The molecule has 1 atom stereocenters. The zero-order valence-electron chi connectivity index (χ0n) is 10.7. The van der Waals surface area contributed by atoms with E-state index < -0.39 is 23.6 Å². The fourth-order valence-corrected chi connectivity index (χ4v) is 2.43. The van der Waals surface area contributed by atoms with Crippen LogP contribution in [0.1, 0.15) is 37.3 Å². The summed E-state index contributed by atoms with van der Waals surface area (Å²) in [6, 6.07) is 1.44. The van der Waals surface area contributed by atoms with Crippen LogP contribution in [-0.2, 0) is 9.59 Å². The van der Waals surface area contributed by atoms with E-state index in [0.717, 1.165) is 43.9 Å². The smallest absolute Gasteiger partial charge is 0.330 e. The summed E-state index contributed by atoms with van der Waals surface area (Å²) in [7, 11) is 0. The Morgan fingerprint density at radius 2 is 1.85 bits per heavy atom. The highest BCUT2D eigenvalue weighted by Gasteiger charge is 2.28. The third kappa shape index (κ3) is 3.12. The van der Waals surface area contributed by atoms with Gasteiger partial charge in [0.2, 0.25) is 5.91 Å². The summed E-state index contributed by atoms with van der Waals surface area (Å²) >= 11 is 0. The fourth-order valence-electron chi connectivity index (χ4n) is 2.43. The molecular formula is C14H15F2NO3. The largest absolute Gasteiger partial charge is 0.479 e. The van der Waals surface area contributed by atoms with Crippen LogP contribution in [0.2, 0.25) is 0 Å². The van der Waals surface area contributed by atoms with Gasteiger partial charge in [0.05, 0.1) is 0 Å². The van der Waals surface area contributed by atoms with Gasteiger partial charge in [0, 0.05) is 5.92 Å². The van der Waals surface area contributed by atoms with Crippen molar-refractivity contribution in [3.63, 3.8) is 0 Å². The Morgan fingerprint density at radius 1 is 1.20 bits per heavy atom. The molecule has 0 heterocycles. The maximum Gasteiger partial charge on any atom is 0.330 e. The van der Waals surface area contributed by atoms with Crippen LogP contribution in [0.15, 0.2) is 18.2 Å². The molecule has 0 spiro atoms. The van der Waals surface area contributed by atoms with Gasteiger partial charge in [-0.15, -0.1) is 0 Å². The van der Waals surface area contributed by atoms with Crippen molar-refractivity contribution in [1.82, 2.24) is 5.32 Å². The van der Waals surface area contributed by atoms with Crippen LogP contribution in [0.3, 0.4) is 0 Å². The number of nitrogens with one attached hydrogen (secondary N) is 1. The third-order valence-electron chi connectivity index (χ3n) is 3.54. The number of hydrogen-bond acceptors (Lipinski definition) is 2. The van der Waals surface area contributed by atoms with E-state index in [1.165, 1.54) is 0 Å². The van der Waals surface area contributed by atoms with Gasteiger partial charge >= 0.3 is 5.97 Å². The number of rotatable bonds is 4. The molecule has 1 aliphatic rings. The number of benzene rings is 1. The first-order valence-electron chi connectivity index (χ1n) is 6.47. The minimum absolute atomic E-state index is 0.0164. The minimum Gasteiger partial charge on any atom is -0.479 e. The molecule has 1 fully saturated rings. The Kier molecular flexibility index (Phi) is 4.32. The summed E-state index contributed by atoms with van der Waals surface area (Å²) in [5.74, 6) is -4.03. The van der Waals surface area contributed by atoms with Crippen molar-refractivity contribution in [2.24, 2.45) is 5.92 Å². The molecule has 2 rings (SSSR count). The van der Waals surface area contributed by atoms with Gasteiger partial charge in [0.15, 0.2) is 17.7 Å². The van der Waals surface area contributed by atoms with E-state index in [2.05, 4.69) is 5.32 Å². The molecule has 20 heavy (non-hydrogen) atoms. The average molecular weight is 283 g/mol. The first-order valence-corrected chi connectivity index (χ1v) is 6.47. The number of carboxylic acid groups (broad SMARTS) is 1. The molecule has 0 aromatic heterocycles. The number of carboxylic acids is 1. The van der Waals surface area contributed by atoms with Gasteiger partial charge in [0.1, 0.15) is 0 Å². The van der Waals surface area contributed by atoms with Crippen molar-refractivity contribution in [3.8, 4) is 0 Å². The first-order chi connectivity index (χ1) is 9.49. The molecule has 0 saturated heterocycles. The summed E-state index contributed by atoms with van der Waals surface area (Å²) in [5, 5.41) is 11.5. The molecule has 2 N–H and O–H groups in total. The van der Waals surface area contributed by atoms with Crippen molar-refractivity contribution in [2.45, 2.75) is 31.7 Å². The molecule has 0 radical (unpaired) electrons. The van der Waals surface area contributed by atoms with Crippen LogP contribution in [0, 0.1) is 17.6 Å². The lowest BCUT2D eigenvalue weighted by Gasteiger charge is -2.17. The van der Waals surface area contributed by atoms with Crippen molar-refractivity contribution < 1.29 is 23.5 Å². The second-order valence-electron chi connectivity index (χ2n) is 4.93. The highest BCUT2D eigenvalue weighted by atomic mass is 19.2. The number of amides is 1. The van der Waals surface area contributed by atoms with E-state index in [4.69, 9.17) is 5.11 Å². The van der Waals surface area contributed by atoms with E-state index >= 15 is 0 Å². The SMILES string of the molecule is O=C(NC(C(=O)O)c1ccc(F)c(F)c1)C1CCCC1. The number of carbonyl (C=O) groups is 2. The molecule has 4 nitrogen and oxygen atoms in total. The predicted octanol–water partition coefficient (Wildman–Crippen LogP) is 2.40. The third-order valence-corrected chi connectivity index (χ3v) is 3.54. The molecule has 1 aliphatic carbocycles. The van der Waals surface area contributed by atoms with Crippen molar-refractivity contribution in [2.75, 3.05) is 0 Å². The number of aliphatic carboxylic acids is 1. The minimum atomic E-state index is -1.36. The maximum atomic E-state index is 13.2. The Balaban J connectivity index is 2.16. The lowest BCUT2D eigenvalue weighted by Crippen LogP contribution is -2.37. The summed E-state index contributed by atoms with van der Waals surface area (Å²) in [5.41, 5.74) is 0.0164. The van der Waals surface area contributed by atoms with Crippen molar-refractivity contribution >= 4 is 11.9 Å². The Bertz CT molecular complexity index is 527. The molecule has 1 unspecified atom stereocenters. The number of halogens is 2. The molecule has 1 aromatic rings. The predicted molar refractivity (Wildman–Crippen MR) is 66.8 cm³/mol. The molecule has 0 aliphatic heterocycles. The van der Waals surface area contributed by atoms with Crippen molar-refractivity contribution in [1.29, 1.82) is 0 Å². The normalized spacial score (nSPS) is 16.9. The monoisotopic (exact) mass is 283 g/mol. The highest BCUT2D eigenvalue weighted by Crippen LogP contribution is 2.26. The van der Waals surface area contributed by atoms with Crippen LogP contribution in [0.5, 0.6) is 0 Å². The van der Waals surface area contributed by atoms with Gasteiger partial charge in [-0.3, -0.25) is 4.79 Å². The van der Waals surface area contributed by atoms with Crippen LogP contribution in [-0.4, -0.2) is 17.0 Å². The second-order valence-corrected chi connectivity index (χ2v) is 4.93. The maximum absolute atomic E-state index is 13.2. The summed E-state index contributed by atoms with van der Waals surface area (Å²) in [6.45, 7) is 0. The lowest BCUT2D eigenvalue weighted by atomic mass is 10.0. The zero-order valence-corrected chi connectivity index (χ0v) is 10.7. The lowest BCUT2D eigenvalue weighted by molar-refractivity contribution is -0.142. The van der Waals surface area contributed by atoms with E-state index in [0.29, 0.717) is 0 Å². The molecular weight excluding hydrogens is 268 g/mol. The standard InChI is InChI=1S/C14H15F2NO3/c15-10-6-5-9(7-11(10)16)12(14(19)20)17-13(18)8-3-1-2-4-8/h5-8,12H,1-4H2,(H,17,18)(H,19,20). The quantitative estimate of drug-likeness (QED) is 0.891. The van der Waals surface area contributed by atoms with Crippen LogP contribution < -0.4 is 5.32 Å². The van der Waals surface area contributed by atoms with Crippen LogP contribution in [0.25, 0.3) is 0 Å². The summed E-state index contributed by atoms with van der Waals surface area (Å²) in [4.78, 5) is 23.2. The van der Waals surface area contributed by atoms with Gasteiger partial charge in [-0.1, -0.05) is 18.9 Å². The van der Waals surface area contributed by atoms with Crippen molar-refractivity contribution in [3.05, 3.63) is 35.4 Å². The first kappa shape index (κ1) is 14.4. The Labute approximate surface area is 114 Å². The van der Waals surface area contributed by atoms with Gasteiger partial charge in [-0.2, -0.15) is 0 Å². The topological polar surface area (TPSA) is 66.4 Å². The summed E-state index contributed by atoms with van der Waals surface area (Å²) < 4.78 is 26.0. The summed E-state index contributed by atoms with van der Waals surface area (Å²) in [6.07, 6.45) is 3.36. The molecule has 0 bridgehead atoms. The van der Waals surface area contributed by atoms with Gasteiger partial charge in [-0.05, 0) is 30.5 Å². The van der Waals surface area contributed by atoms with Gasteiger partial charge in [0.25, 0.3) is 0 Å². The fraction of sp³-hybridized carbons (Fsp3) is 0.429. The van der Waals surface area contributed by atoms with Crippen LogP contribution >= 0.6 is 0 Å². The Morgan fingerprint density at radius 3 is 2.40 bits per heavy atom. The average Bonchev–Trinajstić information content (AvgIpc) is 2.93. The van der Waals surface area contributed by atoms with Gasteiger partial charge in [-0.25, -0.2) is 13.6 Å². The van der Waals surface area contributed by atoms with E-state index in [1.807, 2.05) is 0 Å². The number of carbonyl (C=O) groups excluding carboxylic acids is 1. The van der Waals surface area contributed by atoms with Gasteiger partial charge < -0.3 is 10.4 Å². The molecule has 1 amide bonds. The second kappa shape index (κ2) is 5.98. The molecule has 1 saturated carbocycles. The highest BCUT2D eigenvalue weighted by molar-refractivity contribution is 5.86. The molecule has 6 heteroatoms. The zero-order chi connectivity index (χ0) is 14.7. The van der Waals surface area contributed by atoms with Crippen LogP contribution in [0.4, 0.5) is 8.78 Å². The molecule has 1 aromatic carbocycles. The van der Waals surface area contributed by atoms with E-state index in [1.54, 1.807) is 0 Å². The van der Waals surface area contributed by atoms with E-state index in [-0.39, 0.29) is 17.4 Å². The Hall–Kier alpha value is -1.98.